The summed E-state index contributed by atoms with van der Waals surface area (Å²) < 4.78 is 0. The molecule has 0 amide bonds. The number of carbonyl (C=O) groups excluding carboxylic acids is 1. The average Bonchev–Trinajstić information content (AvgIpc) is 2.28. The number of carbonyl (C=O) groups is 1. The van der Waals surface area contributed by atoms with Crippen molar-refractivity contribution in [3.63, 3.8) is 0 Å². The zero-order chi connectivity index (χ0) is 11.5. The Balaban J connectivity index is 2.47. The van der Waals surface area contributed by atoms with Crippen molar-refractivity contribution in [2.45, 2.75) is 6.92 Å². The van der Waals surface area contributed by atoms with Crippen molar-refractivity contribution in [1.29, 1.82) is 0 Å². The van der Waals surface area contributed by atoms with Crippen molar-refractivity contribution < 1.29 is 4.79 Å². The van der Waals surface area contributed by atoms with Crippen molar-refractivity contribution in [2.75, 3.05) is 0 Å². The summed E-state index contributed by atoms with van der Waals surface area (Å²) in [5.41, 5.74) is 1.54. The van der Waals surface area contributed by atoms with Gasteiger partial charge in [-0.25, -0.2) is 0 Å². The fourth-order valence-electron chi connectivity index (χ4n) is 1.60. The van der Waals surface area contributed by atoms with Gasteiger partial charge >= 0.3 is 0 Å². The molecule has 0 heterocycles. The first-order chi connectivity index (χ1) is 7.66. The summed E-state index contributed by atoms with van der Waals surface area (Å²) in [5.74, 6) is 0. The van der Waals surface area contributed by atoms with E-state index in [-0.39, 0.29) is 0 Å². The van der Waals surface area contributed by atoms with Gasteiger partial charge in [0.2, 0.25) is 5.24 Å². The van der Waals surface area contributed by atoms with Gasteiger partial charge < -0.3 is 0 Å². The third kappa shape index (κ3) is 2.31. The summed E-state index contributed by atoms with van der Waals surface area (Å²) in [6.07, 6.45) is 1.79. The lowest BCUT2D eigenvalue weighted by Crippen LogP contribution is -1.87. The van der Waals surface area contributed by atoms with Crippen LogP contribution in [0.2, 0.25) is 0 Å². The second kappa shape index (κ2) is 4.50. The molecule has 0 saturated carbocycles. The predicted octanol–water partition coefficient (Wildman–Crippen LogP) is 4.01. The minimum atomic E-state index is -0.409. The molecule has 0 aliphatic heterocycles. The van der Waals surface area contributed by atoms with Crippen molar-refractivity contribution >= 4 is 33.7 Å². The zero-order valence-corrected chi connectivity index (χ0v) is 9.66. The van der Waals surface area contributed by atoms with Gasteiger partial charge in [-0.15, -0.1) is 0 Å². The molecular formula is C14H11ClO. The van der Waals surface area contributed by atoms with E-state index >= 15 is 0 Å². The summed E-state index contributed by atoms with van der Waals surface area (Å²) in [6.45, 7) is 1.71. The summed E-state index contributed by atoms with van der Waals surface area (Å²) in [5, 5.41) is 1.94. The van der Waals surface area contributed by atoms with Crippen LogP contribution < -0.4 is 0 Å². The van der Waals surface area contributed by atoms with Gasteiger partial charge in [-0.3, -0.25) is 4.79 Å². The summed E-state index contributed by atoms with van der Waals surface area (Å²) in [4.78, 5) is 10.9. The van der Waals surface area contributed by atoms with Gasteiger partial charge in [0, 0.05) is 5.57 Å². The van der Waals surface area contributed by atoms with Crippen molar-refractivity contribution in [2.24, 2.45) is 0 Å². The molecule has 0 aliphatic carbocycles. The number of allylic oxidation sites excluding steroid dienone is 1. The molecule has 80 valence electrons. The molecule has 0 saturated heterocycles. The Labute approximate surface area is 99.3 Å². The summed E-state index contributed by atoms with van der Waals surface area (Å²) in [6, 6.07) is 14.2. The van der Waals surface area contributed by atoms with Crippen LogP contribution in [0, 0.1) is 0 Å². The largest absolute Gasteiger partial charge is 0.276 e. The van der Waals surface area contributed by atoms with E-state index in [0.29, 0.717) is 5.57 Å². The average molecular weight is 231 g/mol. The monoisotopic (exact) mass is 230 g/mol. The molecule has 0 fully saturated rings. The lowest BCUT2D eigenvalue weighted by atomic mass is 10.1. The number of fused-ring (bicyclic) bond motifs is 1. The minimum absolute atomic E-state index is 0.409. The maximum atomic E-state index is 10.9. The molecule has 0 bridgehead atoms. The van der Waals surface area contributed by atoms with E-state index in [1.54, 1.807) is 13.0 Å². The molecule has 2 rings (SSSR count). The van der Waals surface area contributed by atoms with Gasteiger partial charge in [-0.1, -0.05) is 36.4 Å². The Kier molecular flexibility index (Phi) is 3.07. The molecule has 0 unspecified atom stereocenters. The topological polar surface area (TPSA) is 17.1 Å². The van der Waals surface area contributed by atoms with Gasteiger partial charge in [0.25, 0.3) is 0 Å². The molecule has 2 aromatic rings. The third-order valence-electron chi connectivity index (χ3n) is 2.47. The fourth-order valence-corrected chi connectivity index (χ4v) is 1.66. The number of hydrogen-bond acceptors (Lipinski definition) is 1. The maximum absolute atomic E-state index is 10.9. The van der Waals surface area contributed by atoms with E-state index in [1.807, 2.05) is 36.4 Å². The fraction of sp³-hybridized carbons (Fsp3) is 0.0714. The van der Waals surface area contributed by atoms with Gasteiger partial charge in [0.05, 0.1) is 0 Å². The quantitative estimate of drug-likeness (QED) is 0.563. The lowest BCUT2D eigenvalue weighted by Gasteiger charge is -2.00. The number of halogens is 1. The van der Waals surface area contributed by atoms with E-state index in [0.717, 1.165) is 10.9 Å². The third-order valence-corrected chi connectivity index (χ3v) is 2.76. The Morgan fingerprint density at radius 1 is 1.12 bits per heavy atom. The molecule has 0 atom stereocenters. The molecule has 0 radical (unpaired) electrons. The van der Waals surface area contributed by atoms with E-state index in [9.17, 15) is 4.79 Å². The van der Waals surface area contributed by atoms with Crippen LogP contribution in [-0.2, 0) is 4.79 Å². The molecule has 2 heteroatoms. The number of benzene rings is 2. The SMILES string of the molecule is C/C(=C\c1ccc2ccccc2c1)C(=O)Cl. The van der Waals surface area contributed by atoms with Crippen molar-refractivity contribution in [3.8, 4) is 0 Å². The molecule has 0 aliphatic rings. The van der Waals surface area contributed by atoms with Crippen LogP contribution in [0.4, 0.5) is 0 Å². The van der Waals surface area contributed by atoms with Gasteiger partial charge in [-0.2, -0.15) is 0 Å². The molecule has 2 aromatic carbocycles. The first-order valence-corrected chi connectivity index (χ1v) is 5.41. The minimum Gasteiger partial charge on any atom is -0.276 e. The molecular weight excluding hydrogens is 220 g/mol. The highest BCUT2D eigenvalue weighted by molar-refractivity contribution is 6.68. The van der Waals surface area contributed by atoms with E-state index in [2.05, 4.69) is 6.07 Å². The molecule has 1 nitrogen and oxygen atoms in total. The van der Waals surface area contributed by atoms with Crippen LogP contribution in [0.25, 0.3) is 16.8 Å². The lowest BCUT2D eigenvalue weighted by molar-refractivity contribution is -0.108. The first-order valence-electron chi connectivity index (χ1n) is 5.04. The normalized spacial score (nSPS) is 11.8. The smallest absolute Gasteiger partial charge is 0.248 e. The molecule has 0 spiro atoms. The highest BCUT2D eigenvalue weighted by Gasteiger charge is 1.99. The second-order valence-electron chi connectivity index (χ2n) is 3.71. The van der Waals surface area contributed by atoms with Crippen LogP contribution in [0.1, 0.15) is 12.5 Å². The number of rotatable bonds is 2. The van der Waals surface area contributed by atoms with Crippen LogP contribution in [0.3, 0.4) is 0 Å². The van der Waals surface area contributed by atoms with E-state index in [4.69, 9.17) is 11.6 Å². The maximum Gasteiger partial charge on any atom is 0.248 e. The van der Waals surface area contributed by atoms with Gasteiger partial charge in [-0.05, 0) is 47.0 Å². The van der Waals surface area contributed by atoms with E-state index in [1.165, 1.54) is 5.39 Å². The predicted molar refractivity (Wildman–Crippen MR) is 68.5 cm³/mol. The van der Waals surface area contributed by atoms with Gasteiger partial charge in [0.1, 0.15) is 0 Å². The Morgan fingerprint density at radius 2 is 1.81 bits per heavy atom. The van der Waals surface area contributed by atoms with Crippen LogP contribution in [0.15, 0.2) is 48.0 Å². The second-order valence-corrected chi connectivity index (χ2v) is 4.05. The molecule has 16 heavy (non-hydrogen) atoms. The Bertz CT molecular complexity index is 570. The standard InChI is InChI=1S/C14H11ClO/c1-10(14(15)16)8-11-6-7-12-4-2-3-5-13(12)9-11/h2-9H,1H3/b10-8+. The summed E-state index contributed by atoms with van der Waals surface area (Å²) in [7, 11) is 0. The van der Waals surface area contributed by atoms with Crippen LogP contribution in [0.5, 0.6) is 0 Å². The Hall–Kier alpha value is -1.60. The van der Waals surface area contributed by atoms with Crippen LogP contribution >= 0.6 is 11.6 Å². The Morgan fingerprint density at radius 3 is 2.50 bits per heavy atom. The van der Waals surface area contributed by atoms with Gasteiger partial charge in [0.15, 0.2) is 0 Å². The highest BCUT2D eigenvalue weighted by atomic mass is 35.5. The highest BCUT2D eigenvalue weighted by Crippen LogP contribution is 2.17. The molecule has 0 N–H and O–H groups in total. The number of hydrogen-bond donors (Lipinski definition) is 0. The zero-order valence-electron chi connectivity index (χ0n) is 8.91. The van der Waals surface area contributed by atoms with Crippen LogP contribution in [-0.4, -0.2) is 5.24 Å². The van der Waals surface area contributed by atoms with Crippen molar-refractivity contribution in [1.82, 2.24) is 0 Å². The molecule has 0 aromatic heterocycles. The van der Waals surface area contributed by atoms with Crippen molar-refractivity contribution in [3.05, 3.63) is 53.6 Å². The first kappa shape index (κ1) is 10.9. The van der Waals surface area contributed by atoms with E-state index < -0.39 is 5.24 Å². The summed E-state index contributed by atoms with van der Waals surface area (Å²) >= 11 is 5.39.